The number of nitrogens with one attached hydrogen (secondary N) is 1. The van der Waals surface area contributed by atoms with E-state index >= 15 is 0 Å². The van der Waals surface area contributed by atoms with Gasteiger partial charge in [0.25, 0.3) is 0 Å². The van der Waals surface area contributed by atoms with Crippen LogP contribution in [-0.4, -0.2) is 22.4 Å². The molecule has 80 valence electrons. The molecule has 0 aromatic carbocycles. The second kappa shape index (κ2) is 4.99. The van der Waals surface area contributed by atoms with Crippen molar-refractivity contribution < 1.29 is 4.79 Å². The van der Waals surface area contributed by atoms with E-state index in [4.69, 9.17) is 0 Å². The molecule has 0 spiro atoms. The third-order valence-corrected chi connectivity index (χ3v) is 4.10. The van der Waals surface area contributed by atoms with Crippen molar-refractivity contribution in [2.75, 3.05) is 16.8 Å². The lowest BCUT2D eigenvalue weighted by atomic mass is 10.1. The Morgan fingerprint density at radius 1 is 1.67 bits per heavy atom. The minimum atomic E-state index is 0.0828. The molecule has 1 aliphatic rings. The third-order valence-electron chi connectivity index (χ3n) is 2.30. The largest absolute Gasteiger partial charge is 0.309 e. The molecule has 15 heavy (non-hydrogen) atoms. The zero-order chi connectivity index (χ0) is 10.7. The van der Waals surface area contributed by atoms with Crippen LogP contribution in [-0.2, 0) is 4.79 Å². The first-order chi connectivity index (χ1) is 7.27. The van der Waals surface area contributed by atoms with Crippen molar-refractivity contribution in [2.24, 2.45) is 5.92 Å². The number of hydrogen-bond donors (Lipinski definition) is 1. The van der Waals surface area contributed by atoms with E-state index in [0.717, 1.165) is 22.4 Å². The molecule has 1 fully saturated rings. The van der Waals surface area contributed by atoms with Gasteiger partial charge in [-0.2, -0.15) is 11.8 Å². The standard InChI is InChI=1S/C10H11BrN2OS/c11-8-2-1-4-12-9(8)13-10(14)7-3-5-15-6-7/h1-2,4,7H,3,5-6H2,(H,12,13,14). The summed E-state index contributed by atoms with van der Waals surface area (Å²) >= 11 is 5.18. The highest BCUT2D eigenvalue weighted by Gasteiger charge is 2.23. The number of carbonyl (C=O) groups excluding carboxylic acids is 1. The topological polar surface area (TPSA) is 42.0 Å². The predicted octanol–water partition coefficient (Wildman–Crippen LogP) is 2.54. The fourth-order valence-corrected chi connectivity index (χ4v) is 3.01. The van der Waals surface area contributed by atoms with Crippen LogP contribution in [0.3, 0.4) is 0 Å². The Balaban J connectivity index is 2.02. The average molecular weight is 287 g/mol. The molecule has 1 unspecified atom stereocenters. The molecule has 2 heterocycles. The zero-order valence-corrected chi connectivity index (χ0v) is 10.5. The van der Waals surface area contributed by atoms with Crippen LogP contribution in [0.2, 0.25) is 0 Å². The lowest BCUT2D eigenvalue weighted by Crippen LogP contribution is -2.23. The summed E-state index contributed by atoms with van der Waals surface area (Å²) in [6.07, 6.45) is 2.64. The molecule has 1 aliphatic heterocycles. The van der Waals surface area contributed by atoms with Crippen molar-refractivity contribution in [2.45, 2.75) is 6.42 Å². The summed E-state index contributed by atoms with van der Waals surface area (Å²) in [4.78, 5) is 15.9. The van der Waals surface area contributed by atoms with Crippen molar-refractivity contribution >= 4 is 39.4 Å². The van der Waals surface area contributed by atoms with E-state index in [1.54, 1.807) is 6.20 Å². The molecule has 0 saturated carbocycles. The number of amides is 1. The first-order valence-electron chi connectivity index (χ1n) is 4.76. The van der Waals surface area contributed by atoms with Gasteiger partial charge in [0.15, 0.2) is 0 Å². The van der Waals surface area contributed by atoms with E-state index in [1.165, 1.54) is 0 Å². The quantitative estimate of drug-likeness (QED) is 0.909. The Morgan fingerprint density at radius 3 is 3.20 bits per heavy atom. The molecule has 1 N–H and O–H groups in total. The Morgan fingerprint density at radius 2 is 2.53 bits per heavy atom. The van der Waals surface area contributed by atoms with E-state index in [9.17, 15) is 4.79 Å². The van der Waals surface area contributed by atoms with E-state index in [1.807, 2.05) is 23.9 Å². The van der Waals surface area contributed by atoms with Crippen molar-refractivity contribution in [3.8, 4) is 0 Å². The lowest BCUT2D eigenvalue weighted by Gasteiger charge is -2.09. The number of anilines is 1. The maximum absolute atomic E-state index is 11.8. The fraction of sp³-hybridized carbons (Fsp3) is 0.400. The van der Waals surface area contributed by atoms with Gasteiger partial charge >= 0.3 is 0 Å². The van der Waals surface area contributed by atoms with Gasteiger partial charge in [-0.1, -0.05) is 0 Å². The number of hydrogen-bond acceptors (Lipinski definition) is 3. The third kappa shape index (κ3) is 2.72. The molecule has 2 rings (SSSR count). The molecular weight excluding hydrogens is 276 g/mol. The molecule has 0 aliphatic carbocycles. The van der Waals surface area contributed by atoms with E-state index in [2.05, 4.69) is 26.2 Å². The summed E-state index contributed by atoms with van der Waals surface area (Å²) in [6, 6.07) is 3.69. The first-order valence-corrected chi connectivity index (χ1v) is 6.71. The lowest BCUT2D eigenvalue weighted by molar-refractivity contribution is -0.119. The van der Waals surface area contributed by atoms with Gasteiger partial charge in [-0.25, -0.2) is 4.98 Å². The summed E-state index contributed by atoms with van der Waals surface area (Å²) in [6.45, 7) is 0. The Kier molecular flexibility index (Phi) is 3.64. The van der Waals surface area contributed by atoms with Crippen LogP contribution in [0, 0.1) is 5.92 Å². The highest BCUT2D eigenvalue weighted by molar-refractivity contribution is 9.10. The molecule has 1 saturated heterocycles. The van der Waals surface area contributed by atoms with Crippen LogP contribution in [0.25, 0.3) is 0 Å². The van der Waals surface area contributed by atoms with Gasteiger partial charge in [0, 0.05) is 17.9 Å². The monoisotopic (exact) mass is 286 g/mol. The molecule has 5 heteroatoms. The Hall–Kier alpha value is -0.550. The van der Waals surface area contributed by atoms with Gasteiger partial charge in [-0.05, 0) is 40.2 Å². The molecule has 1 amide bonds. The molecule has 0 bridgehead atoms. The minimum absolute atomic E-state index is 0.0828. The van der Waals surface area contributed by atoms with Crippen molar-refractivity contribution in [3.63, 3.8) is 0 Å². The second-order valence-corrected chi connectivity index (χ2v) is 5.39. The molecule has 1 aromatic heterocycles. The maximum atomic E-state index is 11.8. The predicted molar refractivity (Wildman–Crippen MR) is 66.0 cm³/mol. The highest BCUT2D eigenvalue weighted by Crippen LogP contribution is 2.25. The number of rotatable bonds is 2. The maximum Gasteiger partial charge on any atom is 0.229 e. The smallest absolute Gasteiger partial charge is 0.229 e. The molecule has 0 radical (unpaired) electrons. The number of pyridine rings is 1. The first kappa shape index (κ1) is 11.0. The van der Waals surface area contributed by atoms with E-state index < -0.39 is 0 Å². The number of nitrogens with zero attached hydrogens (tertiary/aromatic N) is 1. The van der Waals surface area contributed by atoms with Crippen molar-refractivity contribution in [1.29, 1.82) is 0 Å². The van der Waals surface area contributed by atoms with Gasteiger partial charge in [-0.15, -0.1) is 0 Å². The average Bonchev–Trinajstić information content (AvgIpc) is 2.74. The number of carbonyl (C=O) groups is 1. The summed E-state index contributed by atoms with van der Waals surface area (Å²) in [5, 5.41) is 2.84. The van der Waals surface area contributed by atoms with Gasteiger partial charge in [0.2, 0.25) is 5.91 Å². The summed E-state index contributed by atoms with van der Waals surface area (Å²) in [5.74, 6) is 2.85. The Labute approximate surface area is 101 Å². The SMILES string of the molecule is O=C(Nc1ncccc1Br)C1CCSC1. The van der Waals surface area contributed by atoms with Gasteiger partial charge in [-0.3, -0.25) is 4.79 Å². The molecule has 1 atom stereocenters. The number of aromatic nitrogens is 1. The summed E-state index contributed by atoms with van der Waals surface area (Å²) in [7, 11) is 0. The number of thioether (sulfide) groups is 1. The van der Waals surface area contributed by atoms with Crippen LogP contribution in [0.4, 0.5) is 5.82 Å². The van der Waals surface area contributed by atoms with Crippen molar-refractivity contribution in [3.05, 3.63) is 22.8 Å². The normalized spacial score (nSPS) is 20.2. The molecule has 3 nitrogen and oxygen atoms in total. The van der Waals surface area contributed by atoms with Gasteiger partial charge in [0.05, 0.1) is 4.47 Å². The van der Waals surface area contributed by atoms with Crippen LogP contribution in [0.15, 0.2) is 22.8 Å². The van der Waals surface area contributed by atoms with Crippen LogP contribution >= 0.6 is 27.7 Å². The van der Waals surface area contributed by atoms with Crippen molar-refractivity contribution in [1.82, 2.24) is 4.98 Å². The Bertz CT molecular complexity index is 366. The van der Waals surface area contributed by atoms with Gasteiger partial charge in [0.1, 0.15) is 5.82 Å². The second-order valence-electron chi connectivity index (χ2n) is 3.38. The summed E-state index contributed by atoms with van der Waals surface area (Å²) < 4.78 is 0.823. The van der Waals surface area contributed by atoms with E-state index in [0.29, 0.717) is 5.82 Å². The van der Waals surface area contributed by atoms with E-state index in [-0.39, 0.29) is 11.8 Å². The van der Waals surface area contributed by atoms with Crippen LogP contribution < -0.4 is 5.32 Å². The minimum Gasteiger partial charge on any atom is -0.309 e. The van der Waals surface area contributed by atoms with Gasteiger partial charge < -0.3 is 5.32 Å². The van der Waals surface area contributed by atoms with Crippen LogP contribution in [0.5, 0.6) is 0 Å². The molecule has 1 aromatic rings. The summed E-state index contributed by atoms with van der Waals surface area (Å²) in [5.41, 5.74) is 0. The highest BCUT2D eigenvalue weighted by atomic mass is 79.9. The molecular formula is C10H11BrN2OS. The zero-order valence-electron chi connectivity index (χ0n) is 8.07. The van der Waals surface area contributed by atoms with Crippen LogP contribution in [0.1, 0.15) is 6.42 Å². The number of halogens is 1. The fourth-order valence-electron chi connectivity index (χ4n) is 1.44.